The van der Waals surface area contributed by atoms with Crippen LogP contribution in [0.25, 0.3) is 10.9 Å². The lowest BCUT2D eigenvalue weighted by Crippen LogP contribution is -1.99. The molecular formula is C20H21NO3. The molecule has 1 aromatic heterocycles. The first-order valence-electron chi connectivity index (χ1n) is 8.00. The number of methoxy groups -OCH3 is 1. The summed E-state index contributed by atoms with van der Waals surface area (Å²) in [5, 5.41) is 10.3. The van der Waals surface area contributed by atoms with Crippen molar-refractivity contribution in [2.45, 2.75) is 26.2 Å². The summed E-state index contributed by atoms with van der Waals surface area (Å²) in [6.45, 7) is 4.30. The maximum atomic E-state index is 11.2. The Labute approximate surface area is 141 Å². The van der Waals surface area contributed by atoms with E-state index in [-0.39, 0.29) is 0 Å². The van der Waals surface area contributed by atoms with E-state index in [0.29, 0.717) is 17.9 Å². The van der Waals surface area contributed by atoms with E-state index in [1.54, 1.807) is 25.3 Å². The number of ether oxygens (including phenoxy) is 1. The Morgan fingerprint density at radius 2 is 2.00 bits per heavy atom. The van der Waals surface area contributed by atoms with E-state index in [1.165, 1.54) is 11.3 Å². The van der Waals surface area contributed by atoms with Crippen molar-refractivity contribution in [2.75, 3.05) is 7.11 Å². The minimum absolute atomic E-state index is 0.320. The van der Waals surface area contributed by atoms with Gasteiger partial charge in [0.05, 0.1) is 12.7 Å². The predicted octanol–water partition coefficient (Wildman–Crippen LogP) is 4.59. The summed E-state index contributed by atoms with van der Waals surface area (Å²) in [7, 11) is 1.66. The zero-order valence-electron chi connectivity index (χ0n) is 14.1. The molecule has 0 radical (unpaired) electrons. The molecule has 0 atom stereocenters. The molecule has 0 saturated heterocycles. The molecule has 4 heteroatoms. The van der Waals surface area contributed by atoms with Crippen LogP contribution in [-0.4, -0.2) is 23.2 Å². The number of rotatable bonds is 5. The highest BCUT2D eigenvalue weighted by atomic mass is 16.5. The number of carboxylic acid groups (broad SMARTS) is 1. The lowest BCUT2D eigenvalue weighted by molar-refractivity contribution is 0.0696. The maximum Gasteiger partial charge on any atom is 0.335 e. The number of fused-ring (bicyclic) bond motifs is 1. The minimum Gasteiger partial charge on any atom is -0.497 e. The standard InChI is InChI=1S/C20H21NO3/c1-12(2)19-17(10-13-5-4-6-14(9-13)20(22)23)16-8-7-15(24-3)11-18(16)21-19/h4-9,11-12,21H,10H2,1-3H3,(H,22,23). The van der Waals surface area contributed by atoms with Crippen LogP contribution in [0, 0.1) is 0 Å². The number of aromatic amines is 1. The Balaban J connectivity index is 2.09. The Hall–Kier alpha value is -2.75. The van der Waals surface area contributed by atoms with Crippen molar-refractivity contribution in [3.63, 3.8) is 0 Å². The molecule has 0 aliphatic heterocycles. The number of aromatic carboxylic acids is 1. The summed E-state index contributed by atoms with van der Waals surface area (Å²) in [4.78, 5) is 14.7. The van der Waals surface area contributed by atoms with Gasteiger partial charge in [0.15, 0.2) is 0 Å². The fraction of sp³-hybridized carbons (Fsp3) is 0.250. The van der Waals surface area contributed by atoms with Crippen molar-refractivity contribution in [3.05, 3.63) is 64.8 Å². The van der Waals surface area contributed by atoms with Gasteiger partial charge in [-0.1, -0.05) is 26.0 Å². The summed E-state index contributed by atoms with van der Waals surface area (Å²) in [5.74, 6) is 0.268. The van der Waals surface area contributed by atoms with E-state index in [1.807, 2.05) is 18.2 Å². The number of nitrogens with one attached hydrogen (secondary N) is 1. The van der Waals surface area contributed by atoms with Gasteiger partial charge in [0.2, 0.25) is 0 Å². The molecule has 0 spiro atoms. The van der Waals surface area contributed by atoms with Crippen molar-refractivity contribution in [1.29, 1.82) is 0 Å². The molecule has 0 bridgehead atoms. The minimum atomic E-state index is -0.899. The van der Waals surface area contributed by atoms with Gasteiger partial charge in [-0.3, -0.25) is 0 Å². The summed E-state index contributed by atoms with van der Waals surface area (Å²) in [6, 6.07) is 13.2. The van der Waals surface area contributed by atoms with Crippen molar-refractivity contribution >= 4 is 16.9 Å². The average molecular weight is 323 g/mol. The van der Waals surface area contributed by atoms with E-state index < -0.39 is 5.97 Å². The summed E-state index contributed by atoms with van der Waals surface area (Å²) in [5.41, 5.74) is 4.75. The molecule has 0 aliphatic carbocycles. The predicted molar refractivity (Wildman–Crippen MR) is 95.1 cm³/mol. The van der Waals surface area contributed by atoms with Crippen LogP contribution in [0.4, 0.5) is 0 Å². The van der Waals surface area contributed by atoms with E-state index in [2.05, 4.69) is 24.9 Å². The van der Waals surface area contributed by atoms with E-state index in [4.69, 9.17) is 4.74 Å². The second-order valence-electron chi connectivity index (χ2n) is 6.27. The Morgan fingerprint density at radius 1 is 1.21 bits per heavy atom. The highest BCUT2D eigenvalue weighted by molar-refractivity contribution is 5.88. The highest BCUT2D eigenvalue weighted by Gasteiger charge is 2.15. The Bertz CT molecular complexity index is 893. The third-order valence-electron chi connectivity index (χ3n) is 4.28. The van der Waals surface area contributed by atoms with Gasteiger partial charge >= 0.3 is 5.97 Å². The third kappa shape index (κ3) is 3.00. The van der Waals surface area contributed by atoms with Gasteiger partial charge in [-0.15, -0.1) is 0 Å². The molecule has 0 fully saturated rings. The summed E-state index contributed by atoms with van der Waals surface area (Å²) < 4.78 is 5.31. The van der Waals surface area contributed by atoms with Crippen molar-refractivity contribution < 1.29 is 14.6 Å². The normalized spacial score (nSPS) is 11.2. The van der Waals surface area contributed by atoms with Gasteiger partial charge in [-0.05, 0) is 47.7 Å². The first kappa shape index (κ1) is 16.1. The number of hydrogen-bond donors (Lipinski definition) is 2. The molecule has 2 N–H and O–H groups in total. The highest BCUT2D eigenvalue weighted by Crippen LogP contribution is 2.31. The summed E-state index contributed by atoms with van der Waals surface area (Å²) >= 11 is 0. The van der Waals surface area contributed by atoms with E-state index in [0.717, 1.165) is 22.2 Å². The lowest BCUT2D eigenvalue weighted by atomic mass is 9.96. The van der Waals surface area contributed by atoms with Crippen LogP contribution >= 0.6 is 0 Å². The van der Waals surface area contributed by atoms with Crippen LogP contribution in [0.3, 0.4) is 0 Å². The molecule has 3 aromatic rings. The SMILES string of the molecule is COc1ccc2c(Cc3cccc(C(=O)O)c3)c(C(C)C)[nH]c2c1. The molecule has 2 aromatic carbocycles. The number of H-pyrrole nitrogens is 1. The van der Waals surface area contributed by atoms with Crippen molar-refractivity contribution in [1.82, 2.24) is 4.98 Å². The van der Waals surface area contributed by atoms with Gasteiger partial charge in [0.25, 0.3) is 0 Å². The second-order valence-corrected chi connectivity index (χ2v) is 6.27. The smallest absolute Gasteiger partial charge is 0.335 e. The fourth-order valence-corrected chi connectivity index (χ4v) is 3.08. The van der Waals surface area contributed by atoms with Crippen LogP contribution < -0.4 is 4.74 Å². The first-order valence-corrected chi connectivity index (χ1v) is 8.00. The quantitative estimate of drug-likeness (QED) is 0.722. The number of aromatic nitrogens is 1. The van der Waals surface area contributed by atoms with Gasteiger partial charge in [-0.2, -0.15) is 0 Å². The molecule has 124 valence electrons. The Kier molecular flexibility index (Phi) is 4.30. The zero-order chi connectivity index (χ0) is 17.3. The van der Waals surface area contributed by atoms with Crippen LogP contribution in [-0.2, 0) is 6.42 Å². The number of hydrogen-bond acceptors (Lipinski definition) is 2. The Morgan fingerprint density at radius 3 is 2.67 bits per heavy atom. The van der Waals surface area contributed by atoms with Crippen LogP contribution in [0.2, 0.25) is 0 Å². The lowest BCUT2D eigenvalue weighted by Gasteiger charge is -2.09. The van der Waals surface area contributed by atoms with Crippen molar-refractivity contribution in [3.8, 4) is 5.75 Å². The maximum absolute atomic E-state index is 11.2. The monoisotopic (exact) mass is 323 g/mol. The topological polar surface area (TPSA) is 62.3 Å². The van der Waals surface area contributed by atoms with Gasteiger partial charge in [0.1, 0.15) is 5.75 Å². The van der Waals surface area contributed by atoms with Gasteiger partial charge < -0.3 is 14.8 Å². The van der Waals surface area contributed by atoms with E-state index in [9.17, 15) is 9.90 Å². The number of carbonyl (C=O) groups is 1. The van der Waals surface area contributed by atoms with Crippen LogP contribution in [0.15, 0.2) is 42.5 Å². The molecule has 3 rings (SSSR count). The zero-order valence-corrected chi connectivity index (χ0v) is 14.1. The fourth-order valence-electron chi connectivity index (χ4n) is 3.08. The second kappa shape index (κ2) is 6.40. The molecule has 0 saturated carbocycles. The van der Waals surface area contributed by atoms with Crippen molar-refractivity contribution in [2.24, 2.45) is 0 Å². The summed E-state index contributed by atoms with van der Waals surface area (Å²) in [6.07, 6.45) is 0.695. The van der Waals surface area contributed by atoms with Gasteiger partial charge in [-0.25, -0.2) is 4.79 Å². The van der Waals surface area contributed by atoms with Crippen LogP contribution in [0.1, 0.15) is 46.9 Å². The van der Waals surface area contributed by atoms with Gasteiger partial charge in [0, 0.05) is 22.7 Å². The van der Waals surface area contributed by atoms with E-state index >= 15 is 0 Å². The third-order valence-corrected chi connectivity index (χ3v) is 4.28. The first-order chi connectivity index (χ1) is 11.5. The number of benzene rings is 2. The van der Waals surface area contributed by atoms with Crippen LogP contribution in [0.5, 0.6) is 5.75 Å². The number of carboxylic acids is 1. The molecule has 0 aliphatic rings. The molecule has 0 unspecified atom stereocenters. The molecule has 1 heterocycles. The molecular weight excluding hydrogens is 302 g/mol. The molecule has 4 nitrogen and oxygen atoms in total. The largest absolute Gasteiger partial charge is 0.497 e. The molecule has 24 heavy (non-hydrogen) atoms. The molecule has 0 amide bonds. The average Bonchev–Trinajstić information content (AvgIpc) is 2.93.